The number of rotatable bonds is 8. The Morgan fingerprint density at radius 1 is 0.657 bits per heavy atom. The number of ether oxygens (including phenoxy) is 1. The lowest BCUT2D eigenvalue weighted by Gasteiger charge is -2.41. The fraction of sp³-hybridized carbons (Fsp3) is 0.500. The quantitative estimate of drug-likeness (QED) is 0.207. The highest BCUT2D eigenvalue weighted by atomic mass is 19.4. The van der Waals surface area contributed by atoms with Gasteiger partial charge in [0.1, 0.15) is 5.75 Å². The summed E-state index contributed by atoms with van der Waals surface area (Å²) in [7, 11) is 0. The molecule has 0 atom stereocenters. The van der Waals surface area contributed by atoms with Crippen molar-refractivity contribution in [2.24, 2.45) is 0 Å². The zero-order valence-corrected chi connectivity index (χ0v) is 16.1. The van der Waals surface area contributed by atoms with Crippen LogP contribution in [0.4, 0.5) is 80.3 Å². The Morgan fingerprint density at radius 3 is 1.46 bits per heavy atom. The molecular formula is C16H8F17NO. The van der Waals surface area contributed by atoms with Crippen molar-refractivity contribution in [2.75, 3.05) is 5.73 Å². The van der Waals surface area contributed by atoms with Crippen LogP contribution in [0.2, 0.25) is 0 Å². The molecule has 0 saturated carbocycles. The second-order valence-corrected chi connectivity index (χ2v) is 6.65. The Hall–Kier alpha value is -2.63. The highest BCUT2D eigenvalue weighted by molar-refractivity contribution is 5.49. The van der Waals surface area contributed by atoms with E-state index in [-0.39, 0.29) is 11.3 Å². The Balaban J connectivity index is 3.59. The average molecular weight is 553 g/mol. The molecule has 0 aliphatic heterocycles. The van der Waals surface area contributed by atoms with E-state index in [0.29, 0.717) is 12.1 Å². The maximum absolute atomic E-state index is 13.6. The van der Waals surface area contributed by atoms with E-state index in [4.69, 9.17) is 5.73 Å². The number of alkyl halides is 15. The third kappa shape index (κ3) is 4.41. The Labute approximate surface area is 182 Å². The van der Waals surface area contributed by atoms with E-state index in [0.717, 1.165) is 13.0 Å². The van der Waals surface area contributed by atoms with Crippen molar-refractivity contribution in [3.63, 3.8) is 0 Å². The van der Waals surface area contributed by atoms with Crippen LogP contribution >= 0.6 is 0 Å². The van der Waals surface area contributed by atoms with Gasteiger partial charge >= 0.3 is 47.7 Å². The average Bonchev–Trinajstić information content (AvgIpc) is 2.68. The summed E-state index contributed by atoms with van der Waals surface area (Å²) >= 11 is 0. The molecule has 0 saturated heterocycles. The molecule has 0 aliphatic carbocycles. The monoisotopic (exact) mass is 553 g/mol. The summed E-state index contributed by atoms with van der Waals surface area (Å²) in [6.45, 7) is 1.14. The first-order valence-corrected chi connectivity index (χ1v) is 8.15. The molecule has 0 aliphatic rings. The van der Waals surface area contributed by atoms with Crippen LogP contribution in [-0.4, -0.2) is 41.7 Å². The van der Waals surface area contributed by atoms with Crippen molar-refractivity contribution >= 4 is 5.69 Å². The van der Waals surface area contributed by atoms with E-state index in [1.54, 1.807) is 0 Å². The van der Waals surface area contributed by atoms with Crippen molar-refractivity contribution in [1.82, 2.24) is 0 Å². The van der Waals surface area contributed by atoms with Crippen molar-refractivity contribution in [2.45, 2.75) is 48.6 Å². The number of halogens is 17. The van der Waals surface area contributed by atoms with Crippen LogP contribution < -0.4 is 10.5 Å². The Morgan fingerprint density at radius 2 is 1.06 bits per heavy atom. The summed E-state index contributed by atoms with van der Waals surface area (Å²) in [5.41, 5.74) is 5.16. The number of nitrogens with two attached hydrogens (primary N) is 1. The van der Waals surface area contributed by atoms with Gasteiger partial charge in [-0.1, -0.05) is 0 Å². The second kappa shape index (κ2) is 8.49. The molecule has 0 amide bonds. The van der Waals surface area contributed by atoms with E-state index in [1.165, 1.54) is 0 Å². The van der Waals surface area contributed by atoms with E-state index in [9.17, 15) is 74.6 Å². The summed E-state index contributed by atoms with van der Waals surface area (Å²) < 4.78 is 227. The lowest BCUT2D eigenvalue weighted by molar-refractivity contribution is -0.451. The minimum absolute atomic E-state index is 0.0493. The van der Waals surface area contributed by atoms with Crippen LogP contribution in [0.3, 0.4) is 0 Å². The third-order valence-corrected chi connectivity index (χ3v) is 4.22. The van der Waals surface area contributed by atoms with Crippen LogP contribution in [0.25, 0.3) is 0 Å². The molecule has 2 nitrogen and oxygen atoms in total. The largest absolute Gasteiger partial charge is 0.460 e. The number of anilines is 1. The van der Waals surface area contributed by atoms with Gasteiger partial charge in [-0.15, -0.1) is 0 Å². The first kappa shape index (κ1) is 30.4. The van der Waals surface area contributed by atoms with E-state index < -0.39 is 59.3 Å². The molecule has 1 aromatic carbocycles. The molecule has 0 fully saturated rings. The van der Waals surface area contributed by atoms with Gasteiger partial charge in [-0.25, -0.2) is 0 Å². The van der Waals surface area contributed by atoms with Gasteiger partial charge in [-0.3, -0.25) is 0 Å². The SMILES string of the molecule is Cc1cc(OC(F)=C(F)C(F)(F)C(F)(F)C(F)(F)C(F)(F)C(F)(F)C(F)(F)C(F)(F)F)ccc1N. The van der Waals surface area contributed by atoms with E-state index >= 15 is 0 Å². The fourth-order valence-electron chi connectivity index (χ4n) is 2.09. The van der Waals surface area contributed by atoms with Crippen molar-refractivity contribution < 1.29 is 79.4 Å². The molecule has 1 rings (SSSR count). The summed E-state index contributed by atoms with van der Waals surface area (Å²) in [5.74, 6) is -55.2. The summed E-state index contributed by atoms with van der Waals surface area (Å²) in [5, 5.41) is 0. The van der Waals surface area contributed by atoms with E-state index in [2.05, 4.69) is 4.74 Å². The zero-order chi connectivity index (χ0) is 28.2. The first-order valence-electron chi connectivity index (χ1n) is 8.15. The predicted molar refractivity (Wildman–Crippen MR) is 81.2 cm³/mol. The molecule has 19 heteroatoms. The van der Waals surface area contributed by atoms with Crippen LogP contribution in [0, 0.1) is 6.92 Å². The van der Waals surface area contributed by atoms with Crippen molar-refractivity contribution in [3.8, 4) is 5.75 Å². The highest BCUT2D eigenvalue weighted by Gasteiger charge is 2.93. The van der Waals surface area contributed by atoms with Gasteiger partial charge in [0.25, 0.3) is 0 Å². The van der Waals surface area contributed by atoms with Gasteiger partial charge in [-0.05, 0) is 30.7 Å². The molecule has 35 heavy (non-hydrogen) atoms. The molecule has 0 heterocycles. The number of aryl methyl sites for hydroxylation is 1. The third-order valence-electron chi connectivity index (χ3n) is 4.22. The lowest BCUT2D eigenvalue weighted by Crippen LogP contribution is -2.72. The van der Waals surface area contributed by atoms with E-state index in [1.807, 2.05) is 0 Å². The summed E-state index contributed by atoms with van der Waals surface area (Å²) in [6.07, 6.45) is -7.78. The van der Waals surface area contributed by atoms with Crippen LogP contribution in [0.15, 0.2) is 30.0 Å². The fourth-order valence-corrected chi connectivity index (χ4v) is 2.09. The molecule has 0 aromatic heterocycles. The standard InChI is InChI=1S/C16H8F17NO/c1-5-4-6(2-3-7(5)34)35-9(18)8(17)10(19,20)11(21,22)12(23,24)13(25,26)14(27,28)15(29,30)16(31,32)33/h2-4H,34H2,1H3. The number of nitrogen functional groups attached to an aromatic ring is 1. The zero-order valence-electron chi connectivity index (χ0n) is 16.1. The predicted octanol–water partition coefficient (Wildman–Crippen LogP) is 7.44. The topological polar surface area (TPSA) is 35.2 Å². The number of hydrogen-bond donors (Lipinski definition) is 1. The van der Waals surface area contributed by atoms with Gasteiger partial charge in [-0.2, -0.15) is 74.6 Å². The van der Waals surface area contributed by atoms with Crippen LogP contribution in [0.5, 0.6) is 5.75 Å². The normalized spacial score (nSPS) is 15.7. The van der Waals surface area contributed by atoms with Crippen molar-refractivity contribution in [1.29, 1.82) is 0 Å². The summed E-state index contributed by atoms with van der Waals surface area (Å²) in [6, 6.07) is -1.50. The first-order chi connectivity index (χ1) is 15.2. The van der Waals surface area contributed by atoms with Gasteiger partial charge in [0.15, 0.2) is 0 Å². The Kier molecular flexibility index (Phi) is 7.38. The lowest BCUT2D eigenvalue weighted by atomic mass is 9.91. The molecule has 202 valence electrons. The van der Waals surface area contributed by atoms with Gasteiger partial charge < -0.3 is 10.5 Å². The molecule has 0 unspecified atom stereocenters. The minimum Gasteiger partial charge on any atom is -0.430 e. The molecule has 0 radical (unpaired) electrons. The molecular weight excluding hydrogens is 545 g/mol. The molecule has 0 spiro atoms. The molecule has 0 bridgehead atoms. The highest BCUT2D eigenvalue weighted by Crippen LogP contribution is 2.63. The van der Waals surface area contributed by atoms with Crippen LogP contribution in [0.1, 0.15) is 5.56 Å². The second-order valence-electron chi connectivity index (χ2n) is 6.65. The maximum atomic E-state index is 13.6. The Bertz CT molecular complexity index is 979. The van der Waals surface area contributed by atoms with Gasteiger partial charge in [0, 0.05) is 5.69 Å². The molecule has 1 aromatic rings. The van der Waals surface area contributed by atoms with Gasteiger partial charge in [0.2, 0.25) is 5.83 Å². The summed E-state index contributed by atoms with van der Waals surface area (Å²) in [4.78, 5) is 0. The number of benzene rings is 1. The number of hydrogen-bond acceptors (Lipinski definition) is 2. The van der Waals surface area contributed by atoms with Crippen LogP contribution in [-0.2, 0) is 0 Å². The number of allylic oxidation sites excluding steroid dienone is 1. The minimum atomic E-state index is -8.63. The van der Waals surface area contributed by atoms with Crippen molar-refractivity contribution in [3.05, 3.63) is 35.6 Å². The van der Waals surface area contributed by atoms with Gasteiger partial charge in [0.05, 0.1) is 0 Å². The maximum Gasteiger partial charge on any atom is 0.460 e. The molecule has 2 N–H and O–H groups in total. The smallest absolute Gasteiger partial charge is 0.430 e.